The lowest BCUT2D eigenvalue weighted by molar-refractivity contribution is -0.144. The molecule has 0 saturated heterocycles. The van der Waals surface area contributed by atoms with Gasteiger partial charge in [0.25, 0.3) is 0 Å². The lowest BCUT2D eigenvalue weighted by atomic mass is 9.42. The zero-order chi connectivity index (χ0) is 39.2. The zero-order valence-electron chi connectivity index (χ0n) is 36.9. The number of carbonyl (C=O) groups excluding carboxylic acids is 1. The van der Waals surface area contributed by atoms with E-state index in [4.69, 9.17) is 4.74 Å². The molecular weight excluding hydrogens is 741 g/mol. The molecule has 318 valence electrons. The first-order valence-electron chi connectivity index (χ1n) is 27.6. The van der Waals surface area contributed by atoms with Crippen molar-refractivity contribution in [3.8, 4) is 0 Å². The Bertz CT molecular complexity index is 2200. The molecule has 14 fully saturated rings. The maximum atomic E-state index is 13.8. The molecule has 2 nitrogen and oxygen atoms in total. The molecule has 17 aliphatic carbocycles. The SMILES string of the molecule is CCCCCCCCOC(=O)CCCC1(c2ccccc2)[C@@]23C4=C5CCC6C7CCC8C9CCC%10C%11CCC%12=C(C=C4)[C@@]12C1C%12C%11C2C%10C9C4C8C7C7C6C5C3C3C7C4C2C31. The highest BCUT2D eigenvalue weighted by Gasteiger charge is 3.02. The fourth-order valence-electron chi connectivity index (χ4n) is 28.0. The van der Waals surface area contributed by atoms with E-state index in [-0.39, 0.29) is 22.2 Å². The molecule has 0 aromatic heterocycles. The van der Waals surface area contributed by atoms with Gasteiger partial charge >= 0.3 is 5.97 Å². The summed E-state index contributed by atoms with van der Waals surface area (Å²) in [6, 6.07) is 12.5. The summed E-state index contributed by atoms with van der Waals surface area (Å²) in [6.07, 6.45) is 28.5. The topological polar surface area (TPSA) is 26.3 Å². The quantitative estimate of drug-likeness (QED) is 0.155. The Morgan fingerprint density at radius 3 is 1.57 bits per heavy atom. The first-order valence-corrected chi connectivity index (χ1v) is 27.6. The van der Waals surface area contributed by atoms with Gasteiger partial charge in [-0.3, -0.25) is 4.79 Å². The number of rotatable bonds is 12. The Morgan fingerprint density at radius 1 is 0.541 bits per heavy atom. The second kappa shape index (κ2) is 10.8. The maximum Gasteiger partial charge on any atom is 0.305 e. The number of carbonyl (C=O) groups is 1. The Kier molecular flexibility index (Phi) is 6.06. The molecule has 1 aromatic carbocycles. The van der Waals surface area contributed by atoms with Crippen LogP contribution in [-0.2, 0) is 14.9 Å². The van der Waals surface area contributed by atoms with Crippen LogP contribution in [0, 0.1) is 153 Å². The van der Waals surface area contributed by atoms with Crippen LogP contribution in [0.3, 0.4) is 0 Å². The summed E-state index contributed by atoms with van der Waals surface area (Å²) in [6.45, 7) is 2.92. The summed E-state index contributed by atoms with van der Waals surface area (Å²) in [7, 11) is 0. The molecule has 0 aliphatic heterocycles. The summed E-state index contributed by atoms with van der Waals surface area (Å²) in [5.41, 5.74) is 10.4. The number of esters is 1. The highest BCUT2D eigenvalue weighted by atomic mass is 16.5. The van der Waals surface area contributed by atoms with Crippen molar-refractivity contribution in [3.05, 3.63) is 70.3 Å². The van der Waals surface area contributed by atoms with Crippen molar-refractivity contribution in [3.63, 3.8) is 0 Å². The normalized spacial score (nSPS) is 61.4. The van der Waals surface area contributed by atoms with Crippen LogP contribution >= 0.6 is 0 Å². The van der Waals surface area contributed by atoms with Crippen molar-refractivity contribution in [2.24, 2.45) is 153 Å². The second-order valence-electron chi connectivity index (χ2n) is 26.3. The molecule has 1 aromatic rings. The van der Waals surface area contributed by atoms with Crippen LogP contribution in [0.25, 0.3) is 0 Å². The molecule has 0 radical (unpaired) electrons. The highest BCUT2D eigenvalue weighted by molar-refractivity contribution is 5.76. The molecule has 0 amide bonds. The van der Waals surface area contributed by atoms with Crippen molar-refractivity contribution in [1.82, 2.24) is 0 Å². The summed E-state index contributed by atoms with van der Waals surface area (Å²) in [5, 5.41) is 0. The average molecular weight is 811 g/mol. The fraction of sp³-hybridized carbons (Fsp3) is 0.780. The van der Waals surface area contributed by atoms with Gasteiger partial charge in [-0.15, -0.1) is 0 Å². The number of hydrogen-bond donors (Lipinski definition) is 0. The molecule has 25 unspecified atom stereocenters. The average Bonchev–Trinajstić information content (AvgIpc) is 3.94. The minimum Gasteiger partial charge on any atom is -0.466 e. The molecule has 0 heterocycles. The highest BCUT2D eigenvalue weighted by Crippen LogP contribution is 3.05. The number of ether oxygens (including phenoxy) is 1. The van der Waals surface area contributed by atoms with Gasteiger partial charge < -0.3 is 4.74 Å². The van der Waals surface area contributed by atoms with E-state index >= 15 is 0 Å². The van der Waals surface area contributed by atoms with Gasteiger partial charge in [0.05, 0.1) is 6.61 Å². The summed E-state index contributed by atoms with van der Waals surface area (Å²) in [5.74, 6) is 25.0. The van der Waals surface area contributed by atoms with Gasteiger partial charge in [0.2, 0.25) is 0 Å². The van der Waals surface area contributed by atoms with Crippen LogP contribution in [0.15, 0.2) is 64.8 Å². The number of fused-ring (bicyclic) bond motifs is 3. The standard InChI is InChI=1S/C59H70O2/c1-2-3-4-5-6-10-26-61-38(60)14-11-25-57(27-12-8-7-9-13-27)58-36-23-24-37-35-22-20-33-31-18-16-29-28-15-17-30-32-19-21-34(36)45-43(32)48-41(30)39(28)47-40(29)42(31)49-44(33)46(35)56(59(37,57)58)54-52(49)50(47)51(48)53(54)55(45)58/h7-9,12-13,23-24,28-33,39-56H,2-6,10-11,14-22,25-26H2,1H3/t28?,29?,30?,31?,32?,33?,39?,40?,41?,42?,43?,44?,45?,46?,47?,48?,49?,50?,51?,52?,53?,54?,55?,56?,57?,58-,59+. The maximum absolute atomic E-state index is 13.8. The molecule has 2 heteroatoms. The monoisotopic (exact) mass is 811 g/mol. The lowest BCUT2D eigenvalue weighted by Gasteiger charge is -2.61. The van der Waals surface area contributed by atoms with Gasteiger partial charge in [-0.2, -0.15) is 0 Å². The van der Waals surface area contributed by atoms with Crippen molar-refractivity contribution in [2.75, 3.05) is 6.61 Å². The molecule has 18 rings (SSSR count). The minimum absolute atomic E-state index is 0.0935. The van der Waals surface area contributed by atoms with Crippen molar-refractivity contribution in [2.45, 2.75) is 121 Å². The van der Waals surface area contributed by atoms with E-state index < -0.39 is 0 Å². The van der Waals surface area contributed by atoms with E-state index in [0.29, 0.717) is 13.0 Å². The van der Waals surface area contributed by atoms with E-state index in [0.717, 1.165) is 155 Å². The fourth-order valence-corrected chi connectivity index (χ4v) is 28.0. The van der Waals surface area contributed by atoms with Crippen LogP contribution < -0.4 is 0 Å². The van der Waals surface area contributed by atoms with Crippen molar-refractivity contribution in [1.29, 1.82) is 0 Å². The van der Waals surface area contributed by atoms with Gasteiger partial charge in [-0.1, -0.05) is 92.7 Å². The van der Waals surface area contributed by atoms with Crippen molar-refractivity contribution >= 4 is 5.97 Å². The first kappa shape index (κ1) is 34.3. The molecule has 14 saturated carbocycles. The second-order valence-corrected chi connectivity index (χ2v) is 26.3. The molecular formula is C59H70O2. The predicted octanol–water partition coefficient (Wildman–Crippen LogP) is 12.3. The summed E-state index contributed by atoms with van der Waals surface area (Å²) >= 11 is 0. The van der Waals surface area contributed by atoms with Gasteiger partial charge in [0, 0.05) is 22.7 Å². The lowest BCUT2D eigenvalue weighted by Crippen LogP contribution is -2.58. The van der Waals surface area contributed by atoms with Gasteiger partial charge in [-0.05, 0) is 229 Å². The van der Waals surface area contributed by atoms with Gasteiger partial charge in [-0.25, -0.2) is 0 Å². The van der Waals surface area contributed by atoms with E-state index in [1.165, 1.54) is 64.2 Å². The zero-order valence-corrected chi connectivity index (χ0v) is 36.9. The predicted molar refractivity (Wildman–Crippen MR) is 235 cm³/mol. The third-order valence-corrected chi connectivity index (χ3v) is 26.9. The van der Waals surface area contributed by atoms with Crippen LogP contribution in [-0.4, -0.2) is 12.6 Å². The Labute approximate surface area is 365 Å². The summed E-state index contributed by atoms with van der Waals surface area (Å²) in [4.78, 5) is 13.8. The molecule has 2 spiro atoms. The number of benzene rings is 1. The van der Waals surface area contributed by atoms with Crippen LogP contribution in [0.2, 0.25) is 0 Å². The van der Waals surface area contributed by atoms with Gasteiger partial charge in [0.1, 0.15) is 0 Å². The van der Waals surface area contributed by atoms with E-state index in [9.17, 15) is 4.79 Å². The molecule has 0 bridgehead atoms. The Morgan fingerprint density at radius 2 is 1.02 bits per heavy atom. The van der Waals surface area contributed by atoms with E-state index in [1.54, 1.807) is 31.2 Å². The number of unbranched alkanes of at least 4 members (excludes halogenated alkanes) is 5. The number of allylic oxidation sites excluding steroid dienone is 6. The first-order chi connectivity index (χ1) is 30.2. The van der Waals surface area contributed by atoms with Gasteiger partial charge in [0.15, 0.2) is 0 Å². The Hall–Kier alpha value is -2.09. The van der Waals surface area contributed by atoms with Crippen LogP contribution in [0.1, 0.15) is 122 Å². The van der Waals surface area contributed by atoms with Crippen LogP contribution in [0.5, 0.6) is 0 Å². The smallest absolute Gasteiger partial charge is 0.305 e. The molecule has 17 aliphatic rings. The molecule has 61 heavy (non-hydrogen) atoms. The number of hydrogen-bond acceptors (Lipinski definition) is 2. The molecule has 0 N–H and O–H groups in total. The van der Waals surface area contributed by atoms with Crippen LogP contribution in [0.4, 0.5) is 0 Å². The van der Waals surface area contributed by atoms with E-state index in [2.05, 4.69) is 60.6 Å². The van der Waals surface area contributed by atoms with E-state index in [1.807, 2.05) is 11.1 Å². The Balaban J connectivity index is 0.852. The summed E-state index contributed by atoms with van der Waals surface area (Å²) < 4.78 is 6.09. The molecule has 27 atom stereocenters. The largest absolute Gasteiger partial charge is 0.466 e. The minimum atomic E-state index is 0.0935. The third-order valence-electron chi connectivity index (χ3n) is 26.9. The van der Waals surface area contributed by atoms with Crippen molar-refractivity contribution < 1.29 is 9.53 Å². The third kappa shape index (κ3) is 3.09.